The number of ether oxygens (including phenoxy) is 1. The number of rotatable bonds is 3. The molecule has 0 aromatic rings. The zero-order chi connectivity index (χ0) is 8.20. The molecule has 4 nitrogen and oxygen atoms in total. The molecule has 0 bridgehead atoms. The molecular formula is C6H13NO3. The van der Waals surface area contributed by atoms with Gasteiger partial charge in [0, 0.05) is 6.92 Å². The first-order valence-corrected chi connectivity index (χ1v) is 3.02. The van der Waals surface area contributed by atoms with Crippen LogP contribution in [-0.4, -0.2) is 23.3 Å². The van der Waals surface area contributed by atoms with Gasteiger partial charge in [0.15, 0.2) is 0 Å². The highest BCUT2D eigenvalue weighted by atomic mass is 16.5. The van der Waals surface area contributed by atoms with Gasteiger partial charge in [0.2, 0.25) is 0 Å². The van der Waals surface area contributed by atoms with Crippen LogP contribution in [0.4, 0.5) is 0 Å². The minimum atomic E-state index is -0.564. The van der Waals surface area contributed by atoms with E-state index >= 15 is 0 Å². The Bertz CT molecular complexity index is 122. The normalized spacial score (nSPS) is 11.2. The van der Waals surface area contributed by atoms with E-state index in [1.54, 1.807) is 13.8 Å². The average Bonchev–Trinajstić information content (AvgIpc) is 1.85. The molecule has 2 N–H and O–H groups in total. The molecule has 10 heavy (non-hydrogen) atoms. The molecule has 0 heterocycles. The molecule has 0 atom stereocenters. The fourth-order valence-electron chi connectivity index (χ4n) is 0.314. The van der Waals surface area contributed by atoms with E-state index in [1.807, 2.05) is 5.48 Å². The van der Waals surface area contributed by atoms with Crippen LogP contribution in [0.3, 0.4) is 0 Å². The molecule has 0 aromatic heterocycles. The topological polar surface area (TPSA) is 58.6 Å². The maximum atomic E-state index is 10.3. The molecule has 0 saturated carbocycles. The fraction of sp³-hybridized carbons (Fsp3) is 0.833. The first-order chi connectivity index (χ1) is 4.48. The molecule has 0 unspecified atom stereocenters. The first kappa shape index (κ1) is 9.39. The Kier molecular flexibility index (Phi) is 3.32. The van der Waals surface area contributed by atoms with Crippen LogP contribution >= 0.6 is 0 Å². The number of hydrogen-bond donors (Lipinski definition) is 2. The SMILES string of the molecule is CC(=O)OCC(C)(C)NO. The summed E-state index contributed by atoms with van der Waals surface area (Å²) in [6, 6.07) is 0. The van der Waals surface area contributed by atoms with Gasteiger partial charge in [0.25, 0.3) is 0 Å². The van der Waals surface area contributed by atoms with Gasteiger partial charge >= 0.3 is 5.97 Å². The molecule has 0 saturated heterocycles. The Labute approximate surface area is 60.1 Å². The van der Waals surface area contributed by atoms with Crippen molar-refractivity contribution in [2.24, 2.45) is 0 Å². The van der Waals surface area contributed by atoms with Crippen molar-refractivity contribution in [1.29, 1.82) is 0 Å². The number of carbonyl (C=O) groups is 1. The maximum absolute atomic E-state index is 10.3. The van der Waals surface area contributed by atoms with Crippen molar-refractivity contribution in [2.75, 3.05) is 6.61 Å². The van der Waals surface area contributed by atoms with Gasteiger partial charge < -0.3 is 9.94 Å². The van der Waals surface area contributed by atoms with Crippen molar-refractivity contribution < 1.29 is 14.7 Å². The monoisotopic (exact) mass is 147 g/mol. The molecule has 0 aliphatic carbocycles. The smallest absolute Gasteiger partial charge is 0.302 e. The highest BCUT2D eigenvalue weighted by Crippen LogP contribution is 2.00. The molecule has 4 heteroatoms. The standard InChI is InChI=1S/C6H13NO3/c1-5(8)10-4-6(2,3)7-9/h7,9H,4H2,1-3H3. The number of nitrogens with one attached hydrogen (secondary N) is 1. The molecule has 0 aromatic carbocycles. The van der Waals surface area contributed by atoms with E-state index in [9.17, 15) is 4.79 Å². The predicted molar refractivity (Wildman–Crippen MR) is 35.6 cm³/mol. The zero-order valence-corrected chi connectivity index (χ0v) is 6.47. The summed E-state index contributed by atoms with van der Waals surface area (Å²) in [6.07, 6.45) is 0. The summed E-state index contributed by atoms with van der Waals surface area (Å²) in [6.45, 7) is 4.93. The zero-order valence-electron chi connectivity index (χ0n) is 6.47. The van der Waals surface area contributed by atoms with E-state index in [1.165, 1.54) is 6.92 Å². The van der Waals surface area contributed by atoms with E-state index in [0.717, 1.165) is 0 Å². The largest absolute Gasteiger partial charge is 0.464 e. The summed E-state index contributed by atoms with van der Waals surface area (Å²) >= 11 is 0. The van der Waals surface area contributed by atoms with Gasteiger partial charge in [-0.2, -0.15) is 5.48 Å². The van der Waals surface area contributed by atoms with E-state index in [-0.39, 0.29) is 12.6 Å². The van der Waals surface area contributed by atoms with Gasteiger partial charge in [-0.1, -0.05) is 0 Å². The van der Waals surface area contributed by atoms with Crippen molar-refractivity contribution in [3.63, 3.8) is 0 Å². The van der Waals surface area contributed by atoms with Crippen LogP contribution in [0.25, 0.3) is 0 Å². The molecular weight excluding hydrogens is 134 g/mol. The van der Waals surface area contributed by atoms with Gasteiger partial charge in [-0.15, -0.1) is 0 Å². The Hall–Kier alpha value is -0.610. The lowest BCUT2D eigenvalue weighted by Crippen LogP contribution is -2.41. The van der Waals surface area contributed by atoms with E-state index in [0.29, 0.717) is 0 Å². The van der Waals surface area contributed by atoms with E-state index in [2.05, 4.69) is 4.74 Å². The Morgan fingerprint density at radius 3 is 2.50 bits per heavy atom. The third-order valence-corrected chi connectivity index (χ3v) is 0.939. The van der Waals surface area contributed by atoms with E-state index in [4.69, 9.17) is 5.21 Å². The average molecular weight is 147 g/mol. The summed E-state index contributed by atoms with van der Waals surface area (Å²) in [7, 11) is 0. The first-order valence-electron chi connectivity index (χ1n) is 3.02. The van der Waals surface area contributed by atoms with Gasteiger partial charge in [0.1, 0.15) is 6.61 Å². The second-order valence-corrected chi connectivity index (χ2v) is 2.78. The van der Waals surface area contributed by atoms with Crippen LogP contribution in [0.1, 0.15) is 20.8 Å². The summed E-state index contributed by atoms with van der Waals surface area (Å²) < 4.78 is 4.64. The number of carbonyl (C=O) groups excluding carboxylic acids is 1. The Morgan fingerprint density at radius 1 is 1.70 bits per heavy atom. The summed E-state index contributed by atoms with van der Waals surface area (Å²) in [5.41, 5.74) is 1.46. The van der Waals surface area contributed by atoms with Gasteiger partial charge in [-0.05, 0) is 13.8 Å². The second kappa shape index (κ2) is 3.53. The molecule has 0 spiro atoms. The highest BCUT2D eigenvalue weighted by molar-refractivity contribution is 5.65. The fourth-order valence-corrected chi connectivity index (χ4v) is 0.314. The summed E-state index contributed by atoms with van der Waals surface area (Å²) in [5, 5.41) is 8.47. The van der Waals surface area contributed by atoms with Crippen molar-refractivity contribution in [3.8, 4) is 0 Å². The Morgan fingerprint density at radius 2 is 2.20 bits per heavy atom. The van der Waals surface area contributed by atoms with Crippen molar-refractivity contribution in [2.45, 2.75) is 26.3 Å². The van der Waals surface area contributed by atoms with Crippen LogP contribution < -0.4 is 5.48 Å². The highest BCUT2D eigenvalue weighted by Gasteiger charge is 2.17. The third-order valence-electron chi connectivity index (χ3n) is 0.939. The van der Waals surface area contributed by atoms with Crippen LogP contribution in [0.5, 0.6) is 0 Å². The molecule has 0 amide bonds. The number of esters is 1. The minimum absolute atomic E-state index is 0.166. The van der Waals surface area contributed by atoms with Crippen LogP contribution in [0.15, 0.2) is 0 Å². The summed E-state index contributed by atoms with van der Waals surface area (Å²) in [4.78, 5) is 10.3. The van der Waals surface area contributed by atoms with Gasteiger partial charge in [-0.3, -0.25) is 4.79 Å². The minimum Gasteiger partial charge on any atom is -0.464 e. The van der Waals surface area contributed by atoms with Crippen molar-refractivity contribution in [3.05, 3.63) is 0 Å². The quantitative estimate of drug-likeness (QED) is 0.445. The molecule has 0 aliphatic rings. The maximum Gasteiger partial charge on any atom is 0.302 e. The van der Waals surface area contributed by atoms with Crippen molar-refractivity contribution in [1.82, 2.24) is 5.48 Å². The van der Waals surface area contributed by atoms with Gasteiger partial charge in [0.05, 0.1) is 5.54 Å². The number of hydrogen-bond acceptors (Lipinski definition) is 4. The number of hydroxylamine groups is 1. The lowest BCUT2D eigenvalue weighted by Gasteiger charge is -2.20. The lowest BCUT2D eigenvalue weighted by atomic mass is 10.1. The predicted octanol–water partition coefficient (Wildman–Crippen LogP) is 0.307. The van der Waals surface area contributed by atoms with E-state index < -0.39 is 5.54 Å². The molecule has 0 aliphatic heterocycles. The Balaban J connectivity index is 3.56. The van der Waals surface area contributed by atoms with Crippen LogP contribution in [0.2, 0.25) is 0 Å². The second-order valence-electron chi connectivity index (χ2n) is 2.78. The molecule has 0 rings (SSSR count). The van der Waals surface area contributed by atoms with Crippen molar-refractivity contribution >= 4 is 5.97 Å². The molecule has 60 valence electrons. The van der Waals surface area contributed by atoms with Crippen LogP contribution in [0, 0.1) is 0 Å². The molecule has 0 fully saturated rings. The van der Waals surface area contributed by atoms with Crippen LogP contribution in [-0.2, 0) is 9.53 Å². The summed E-state index contributed by atoms with van der Waals surface area (Å²) in [5.74, 6) is -0.344. The molecule has 0 radical (unpaired) electrons. The lowest BCUT2D eigenvalue weighted by molar-refractivity contribution is -0.144. The van der Waals surface area contributed by atoms with Gasteiger partial charge in [-0.25, -0.2) is 0 Å². The third kappa shape index (κ3) is 4.29.